The molecule has 2 aromatic rings. The Morgan fingerprint density at radius 2 is 1.70 bits per heavy atom. The molecule has 0 atom stereocenters. The minimum Gasteiger partial charge on any atom is -0.379 e. The molecule has 33 heavy (non-hydrogen) atoms. The Kier molecular flexibility index (Phi) is 8.46. The lowest BCUT2D eigenvalue weighted by Gasteiger charge is -2.32. The summed E-state index contributed by atoms with van der Waals surface area (Å²) in [7, 11) is -4.46. The largest absolute Gasteiger partial charge is 0.416 e. The summed E-state index contributed by atoms with van der Waals surface area (Å²) in [4.78, 5) is 14.0. The zero-order valence-electron chi connectivity index (χ0n) is 18.8. The maximum Gasteiger partial charge on any atom is 0.416 e. The van der Waals surface area contributed by atoms with E-state index in [1.807, 2.05) is 13.8 Å². The first-order chi connectivity index (χ1) is 15.2. The minimum absolute atomic E-state index is 0.0565. The Labute approximate surface area is 197 Å². The van der Waals surface area contributed by atoms with Crippen LogP contribution in [0.2, 0.25) is 0 Å². The molecule has 0 unspecified atom stereocenters. The van der Waals surface area contributed by atoms with Crippen molar-refractivity contribution >= 4 is 27.6 Å². The first kappa shape index (κ1) is 27.0. The molecule has 0 N–H and O–H groups in total. The maximum atomic E-state index is 12.9. The number of hydrogen-bond acceptors (Lipinski definition) is 4. The van der Waals surface area contributed by atoms with Gasteiger partial charge in [0.15, 0.2) is 0 Å². The van der Waals surface area contributed by atoms with Gasteiger partial charge in [-0.3, -0.25) is 4.79 Å². The summed E-state index contributed by atoms with van der Waals surface area (Å²) in [5.41, 5.74) is -1.09. The number of amides is 1. The highest BCUT2D eigenvalue weighted by Crippen LogP contribution is 2.31. The average molecular weight is 506 g/mol. The van der Waals surface area contributed by atoms with E-state index in [9.17, 15) is 26.4 Å². The molecule has 0 saturated heterocycles. The van der Waals surface area contributed by atoms with Crippen LogP contribution in [0.15, 0.2) is 53.4 Å². The number of hydrogen-bond donors (Lipinski definition) is 0. The zero-order chi connectivity index (χ0) is 25.0. The summed E-state index contributed by atoms with van der Waals surface area (Å²) in [6, 6.07) is 9.34. The van der Waals surface area contributed by atoms with Crippen molar-refractivity contribution in [2.24, 2.45) is 11.3 Å². The monoisotopic (exact) mass is 505 g/mol. The molecule has 0 aliphatic heterocycles. The molecule has 0 aliphatic carbocycles. The van der Waals surface area contributed by atoms with Crippen LogP contribution in [0.25, 0.3) is 0 Å². The van der Waals surface area contributed by atoms with Gasteiger partial charge in [-0.15, -0.1) is 11.6 Å². The highest BCUT2D eigenvalue weighted by molar-refractivity contribution is 7.87. The second kappa shape index (κ2) is 10.3. The van der Waals surface area contributed by atoms with Gasteiger partial charge in [-0.2, -0.15) is 21.6 Å². The topological polar surface area (TPSA) is 63.7 Å². The van der Waals surface area contributed by atoms with Crippen molar-refractivity contribution in [3.05, 3.63) is 59.7 Å². The van der Waals surface area contributed by atoms with E-state index in [4.69, 9.17) is 15.8 Å². The Bertz CT molecular complexity index is 1070. The van der Waals surface area contributed by atoms with Crippen LogP contribution in [-0.4, -0.2) is 31.6 Å². The van der Waals surface area contributed by atoms with Gasteiger partial charge in [0.2, 0.25) is 5.91 Å². The summed E-state index contributed by atoms with van der Waals surface area (Å²) in [6.07, 6.45) is -4.68. The van der Waals surface area contributed by atoms with Crippen molar-refractivity contribution in [1.29, 1.82) is 0 Å². The van der Waals surface area contributed by atoms with E-state index >= 15 is 0 Å². The highest BCUT2D eigenvalue weighted by Gasteiger charge is 2.33. The molecule has 1 amide bonds. The smallest absolute Gasteiger partial charge is 0.379 e. The molecule has 0 spiro atoms. The quantitative estimate of drug-likeness (QED) is 0.323. The van der Waals surface area contributed by atoms with E-state index in [0.717, 1.165) is 23.8 Å². The van der Waals surface area contributed by atoms with Crippen LogP contribution in [0.4, 0.5) is 13.2 Å². The minimum atomic E-state index is -4.68. The lowest BCUT2D eigenvalue weighted by molar-refractivity contribution is -0.140. The summed E-state index contributed by atoms with van der Waals surface area (Å²) in [6.45, 7) is 8.32. The predicted octanol–water partition coefficient (Wildman–Crippen LogP) is 5.72. The number of carbonyl (C=O) groups excluding carboxylic acids is 1. The van der Waals surface area contributed by atoms with Gasteiger partial charge in [0.05, 0.1) is 11.0 Å². The molecule has 5 nitrogen and oxygen atoms in total. The van der Waals surface area contributed by atoms with Crippen LogP contribution < -0.4 is 4.18 Å². The summed E-state index contributed by atoms with van der Waals surface area (Å²) in [5.74, 6) is 0.235. The van der Waals surface area contributed by atoms with Crippen molar-refractivity contribution in [3.8, 4) is 5.75 Å². The van der Waals surface area contributed by atoms with Crippen LogP contribution in [0.1, 0.15) is 38.8 Å². The number of carbonyl (C=O) groups is 1. The number of rotatable bonds is 9. The van der Waals surface area contributed by atoms with Crippen LogP contribution in [0.3, 0.4) is 0 Å². The van der Waals surface area contributed by atoms with Crippen LogP contribution in [-0.2, 0) is 27.6 Å². The SMILES string of the molecule is CC(C)CN(Cc1ccc(OS(=O)(=O)c2cccc(C(F)(F)F)c2)cc1)C(=O)C(C)(C)CCl. The molecule has 0 aliphatic rings. The van der Waals surface area contributed by atoms with Crippen molar-refractivity contribution in [3.63, 3.8) is 0 Å². The van der Waals surface area contributed by atoms with E-state index in [1.165, 1.54) is 12.1 Å². The van der Waals surface area contributed by atoms with Crippen LogP contribution >= 0.6 is 11.6 Å². The molecular weight excluding hydrogens is 479 g/mol. The fourth-order valence-corrected chi connectivity index (χ4v) is 4.11. The molecule has 10 heteroatoms. The lowest BCUT2D eigenvalue weighted by Crippen LogP contribution is -2.43. The van der Waals surface area contributed by atoms with Gasteiger partial charge >= 0.3 is 16.3 Å². The fraction of sp³-hybridized carbons (Fsp3) is 0.435. The molecule has 0 radical (unpaired) electrons. The molecule has 0 aromatic heterocycles. The average Bonchev–Trinajstić information content (AvgIpc) is 2.73. The second-order valence-corrected chi connectivity index (χ2v) is 10.6. The Balaban J connectivity index is 2.19. The second-order valence-electron chi connectivity index (χ2n) is 8.80. The molecule has 0 heterocycles. The Morgan fingerprint density at radius 1 is 1.09 bits per heavy atom. The third-order valence-corrected chi connectivity index (χ3v) is 6.65. The van der Waals surface area contributed by atoms with Gasteiger partial charge in [0.1, 0.15) is 10.6 Å². The molecule has 0 saturated carbocycles. The highest BCUT2D eigenvalue weighted by atomic mass is 35.5. The van der Waals surface area contributed by atoms with Gasteiger partial charge in [0, 0.05) is 19.0 Å². The fourth-order valence-electron chi connectivity index (χ4n) is 3.02. The Hall–Kier alpha value is -2.26. The Morgan fingerprint density at radius 3 is 2.21 bits per heavy atom. The van der Waals surface area contributed by atoms with Crippen LogP contribution in [0, 0.1) is 11.3 Å². The van der Waals surface area contributed by atoms with Crippen molar-refractivity contribution in [1.82, 2.24) is 4.90 Å². The molecule has 0 bridgehead atoms. The molecular formula is C23H27ClF3NO4S. The van der Waals surface area contributed by atoms with Crippen molar-refractivity contribution < 1.29 is 30.6 Å². The van der Waals surface area contributed by atoms with Gasteiger partial charge in [0.25, 0.3) is 0 Å². The third-order valence-electron chi connectivity index (χ3n) is 4.74. The third kappa shape index (κ3) is 7.37. The number of alkyl halides is 4. The first-order valence-electron chi connectivity index (χ1n) is 10.2. The molecule has 2 rings (SSSR count). The van der Waals surface area contributed by atoms with Gasteiger partial charge in [-0.05, 0) is 55.7 Å². The van der Waals surface area contributed by atoms with E-state index < -0.39 is 32.2 Å². The standard InChI is InChI=1S/C23H27ClF3NO4S/c1-16(2)13-28(21(29)22(3,4)15-24)14-17-8-10-19(11-9-17)32-33(30,31)20-7-5-6-18(12-20)23(25,26)27/h5-12,16H,13-15H2,1-4H3. The normalized spacial score (nSPS) is 12.6. The molecule has 182 valence electrons. The van der Waals surface area contributed by atoms with Gasteiger partial charge < -0.3 is 9.08 Å². The lowest BCUT2D eigenvalue weighted by atomic mass is 9.93. The first-order valence-corrected chi connectivity index (χ1v) is 12.2. The predicted molar refractivity (Wildman–Crippen MR) is 120 cm³/mol. The summed E-state index contributed by atoms with van der Waals surface area (Å²) in [5, 5.41) is 0. The van der Waals surface area contributed by atoms with E-state index in [1.54, 1.807) is 30.9 Å². The molecule has 0 fully saturated rings. The number of benzene rings is 2. The zero-order valence-corrected chi connectivity index (χ0v) is 20.4. The molecule has 2 aromatic carbocycles. The van der Waals surface area contributed by atoms with Gasteiger partial charge in [-0.1, -0.05) is 32.0 Å². The van der Waals surface area contributed by atoms with Crippen molar-refractivity contribution in [2.75, 3.05) is 12.4 Å². The van der Waals surface area contributed by atoms with E-state index in [2.05, 4.69) is 0 Å². The van der Waals surface area contributed by atoms with Crippen LogP contribution in [0.5, 0.6) is 5.75 Å². The number of halogens is 4. The number of nitrogens with zero attached hydrogens (tertiary/aromatic N) is 1. The van der Waals surface area contributed by atoms with E-state index in [0.29, 0.717) is 12.6 Å². The van der Waals surface area contributed by atoms with E-state index in [-0.39, 0.29) is 30.0 Å². The maximum absolute atomic E-state index is 12.9. The summed E-state index contributed by atoms with van der Waals surface area (Å²) < 4.78 is 68.6. The summed E-state index contributed by atoms with van der Waals surface area (Å²) >= 11 is 5.96. The van der Waals surface area contributed by atoms with Crippen molar-refractivity contribution in [2.45, 2.75) is 45.3 Å². The van der Waals surface area contributed by atoms with Gasteiger partial charge in [-0.25, -0.2) is 0 Å².